The third-order valence-electron chi connectivity index (χ3n) is 6.62. The number of thiazole rings is 1. The number of benzene rings is 2. The molecule has 1 N–H and O–H groups in total. The Morgan fingerprint density at radius 2 is 1.95 bits per heavy atom. The molecule has 0 bridgehead atoms. The number of nitrogens with one attached hydrogen (secondary N) is 1. The molecule has 1 fully saturated rings. The van der Waals surface area contributed by atoms with E-state index in [2.05, 4.69) is 40.3 Å². The highest BCUT2D eigenvalue weighted by Gasteiger charge is 2.32. The summed E-state index contributed by atoms with van der Waals surface area (Å²) in [6, 6.07) is 14.2. The van der Waals surface area contributed by atoms with E-state index in [1.54, 1.807) is 23.5 Å². The van der Waals surface area contributed by atoms with Crippen molar-refractivity contribution in [2.75, 3.05) is 18.1 Å². The Morgan fingerprint density at radius 1 is 1.21 bits per heavy atom. The quantitative estimate of drug-likeness (QED) is 0.244. The molecule has 0 aliphatic heterocycles. The minimum absolute atomic E-state index is 0.389. The summed E-state index contributed by atoms with van der Waals surface area (Å²) in [6.07, 6.45) is 3.64. The van der Waals surface area contributed by atoms with Crippen LogP contribution < -0.4 is 15.0 Å². The molecule has 1 atom stereocenters. The fourth-order valence-electron chi connectivity index (χ4n) is 4.46. The van der Waals surface area contributed by atoms with Crippen LogP contribution >= 0.6 is 11.3 Å². The lowest BCUT2D eigenvalue weighted by Crippen LogP contribution is -2.34. The Hall–Kier alpha value is -3.39. The minimum atomic E-state index is -0.547. The first-order chi connectivity index (χ1) is 18.6. The standard InChI is InChI=1S/C31H39N3O4S/c1-21(14-15-37-27-12-6-23(19-35)7-13-27)18-34(26-10-11-26)28-16-24(29-22(2)33-20-39-29)8-9-25(28)17-32-30(36)38-31(3,4)5/h6-9,12-13,16,19-21,26H,10-11,14-15,17-18H2,1-5H3,(H,32,36). The van der Waals surface area contributed by atoms with Gasteiger partial charge in [0.25, 0.3) is 0 Å². The summed E-state index contributed by atoms with van der Waals surface area (Å²) in [5.41, 5.74) is 6.36. The zero-order valence-electron chi connectivity index (χ0n) is 23.5. The normalized spacial score (nSPS) is 14.0. The molecular formula is C31H39N3O4S. The molecule has 39 heavy (non-hydrogen) atoms. The highest BCUT2D eigenvalue weighted by molar-refractivity contribution is 7.13. The van der Waals surface area contributed by atoms with E-state index in [9.17, 15) is 9.59 Å². The van der Waals surface area contributed by atoms with Crippen LogP contribution in [-0.4, -0.2) is 42.2 Å². The van der Waals surface area contributed by atoms with E-state index in [0.29, 0.717) is 30.7 Å². The number of aldehydes is 1. The second kappa shape index (κ2) is 12.6. The molecule has 1 heterocycles. The predicted octanol–water partition coefficient (Wildman–Crippen LogP) is 7.03. The van der Waals surface area contributed by atoms with Crippen LogP contribution in [0.4, 0.5) is 10.5 Å². The van der Waals surface area contributed by atoms with E-state index < -0.39 is 11.7 Å². The summed E-state index contributed by atoms with van der Waals surface area (Å²) in [6.45, 7) is 11.8. The van der Waals surface area contributed by atoms with Gasteiger partial charge < -0.3 is 19.7 Å². The Kier molecular flexibility index (Phi) is 9.28. The summed E-state index contributed by atoms with van der Waals surface area (Å²) in [5, 5.41) is 2.95. The summed E-state index contributed by atoms with van der Waals surface area (Å²) in [4.78, 5) is 31.4. The van der Waals surface area contributed by atoms with E-state index >= 15 is 0 Å². The molecule has 1 aliphatic carbocycles. The summed E-state index contributed by atoms with van der Waals surface area (Å²) >= 11 is 1.65. The van der Waals surface area contributed by atoms with E-state index in [0.717, 1.165) is 60.4 Å². The number of ether oxygens (including phenoxy) is 2. The fourth-order valence-corrected chi connectivity index (χ4v) is 5.26. The fraction of sp³-hybridized carbons (Fsp3) is 0.452. The zero-order valence-corrected chi connectivity index (χ0v) is 24.3. The van der Waals surface area contributed by atoms with Crippen LogP contribution in [-0.2, 0) is 11.3 Å². The van der Waals surface area contributed by atoms with E-state index in [-0.39, 0.29) is 0 Å². The zero-order chi connectivity index (χ0) is 28.0. The SMILES string of the molecule is Cc1ncsc1-c1ccc(CNC(=O)OC(C)(C)C)c(N(CC(C)CCOc2ccc(C=O)cc2)C2CC2)c1. The van der Waals surface area contributed by atoms with Crippen LogP contribution in [0.15, 0.2) is 48.0 Å². The molecule has 4 rings (SSSR count). The van der Waals surface area contributed by atoms with Crippen LogP contribution in [0.3, 0.4) is 0 Å². The maximum Gasteiger partial charge on any atom is 0.407 e. The van der Waals surface area contributed by atoms with Crippen molar-refractivity contribution in [3.63, 3.8) is 0 Å². The van der Waals surface area contributed by atoms with Gasteiger partial charge in [0.15, 0.2) is 0 Å². The molecule has 1 aliphatic rings. The minimum Gasteiger partial charge on any atom is -0.494 e. The number of rotatable bonds is 12. The number of hydrogen-bond acceptors (Lipinski definition) is 7. The Morgan fingerprint density at radius 3 is 2.56 bits per heavy atom. The number of anilines is 1. The van der Waals surface area contributed by atoms with Gasteiger partial charge in [-0.1, -0.05) is 19.1 Å². The van der Waals surface area contributed by atoms with Crippen molar-refractivity contribution in [3.05, 3.63) is 64.8 Å². The number of carbonyl (C=O) groups is 2. The van der Waals surface area contributed by atoms with Crippen LogP contribution in [0.1, 0.15) is 68.6 Å². The first-order valence-electron chi connectivity index (χ1n) is 13.6. The van der Waals surface area contributed by atoms with Crippen molar-refractivity contribution in [2.45, 2.75) is 72.1 Å². The van der Waals surface area contributed by atoms with Gasteiger partial charge in [-0.25, -0.2) is 9.78 Å². The molecule has 3 aromatic rings. The number of amides is 1. The molecule has 0 radical (unpaired) electrons. The average molecular weight is 550 g/mol. The van der Waals surface area contributed by atoms with Gasteiger partial charge in [-0.15, -0.1) is 11.3 Å². The van der Waals surface area contributed by atoms with Crippen molar-refractivity contribution < 1.29 is 19.1 Å². The highest BCUT2D eigenvalue weighted by Crippen LogP contribution is 2.38. The van der Waals surface area contributed by atoms with Gasteiger partial charge in [-0.2, -0.15) is 0 Å². The average Bonchev–Trinajstić information content (AvgIpc) is 3.65. The number of aromatic nitrogens is 1. The highest BCUT2D eigenvalue weighted by atomic mass is 32.1. The van der Waals surface area contributed by atoms with Crippen molar-refractivity contribution in [2.24, 2.45) is 5.92 Å². The molecule has 0 spiro atoms. The van der Waals surface area contributed by atoms with Crippen LogP contribution in [0.25, 0.3) is 10.4 Å². The summed E-state index contributed by atoms with van der Waals surface area (Å²) < 4.78 is 11.4. The first kappa shape index (κ1) is 28.6. The molecule has 1 amide bonds. The predicted molar refractivity (Wildman–Crippen MR) is 157 cm³/mol. The number of aryl methyl sites for hydroxylation is 1. The van der Waals surface area contributed by atoms with E-state index in [1.807, 2.05) is 45.3 Å². The number of alkyl carbamates (subject to hydrolysis) is 1. The third-order valence-corrected chi connectivity index (χ3v) is 7.59. The number of nitrogens with zero attached hydrogens (tertiary/aromatic N) is 2. The lowest BCUT2D eigenvalue weighted by molar-refractivity contribution is 0.0523. The second-order valence-corrected chi connectivity index (χ2v) is 12.1. The molecule has 2 aromatic carbocycles. The van der Waals surface area contributed by atoms with Crippen molar-refractivity contribution in [3.8, 4) is 16.2 Å². The van der Waals surface area contributed by atoms with Crippen molar-refractivity contribution in [1.29, 1.82) is 0 Å². The lowest BCUT2D eigenvalue weighted by atomic mass is 10.0. The van der Waals surface area contributed by atoms with Crippen LogP contribution in [0.5, 0.6) is 5.75 Å². The number of hydrogen-bond donors (Lipinski definition) is 1. The molecule has 208 valence electrons. The lowest BCUT2D eigenvalue weighted by Gasteiger charge is -2.31. The molecule has 1 saturated carbocycles. The van der Waals surface area contributed by atoms with Gasteiger partial charge >= 0.3 is 6.09 Å². The topological polar surface area (TPSA) is 80.8 Å². The summed E-state index contributed by atoms with van der Waals surface area (Å²) in [7, 11) is 0. The smallest absolute Gasteiger partial charge is 0.407 e. The van der Waals surface area contributed by atoms with Gasteiger partial charge in [0.1, 0.15) is 17.6 Å². The molecule has 1 aromatic heterocycles. The molecule has 1 unspecified atom stereocenters. The second-order valence-electron chi connectivity index (χ2n) is 11.3. The van der Waals surface area contributed by atoms with Gasteiger partial charge in [0.2, 0.25) is 0 Å². The van der Waals surface area contributed by atoms with E-state index in [4.69, 9.17) is 9.47 Å². The third kappa shape index (κ3) is 8.30. The Labute approximate surface area is 235 Å². The summed E-state index contributed by atoms with van der Waals surface area (Å²) in [5.74, 6) is 1.16. The molecule has 8 heteroatoms. The number of carbonyl (C=O) groups excluding carboxylic acids is 2. The monoisotopic (exact) mass is 549 g/mol. The largest absolute Gasteiger partial charge is 0.494 e. The van der Waals surface area contributed by atoms with E-state index in [1.165, 1.54) is 4.88 Å². The maximum atomic E-state index is 12.4. The first-order valence-corrected chi connectivity index (χ1v) is 14.5. The molecular weight excluding hydrogens is 510 g/mol. The van der Waals surface area contributed by atoms with Crippen molar-refractivity contribution >= 4 is 29.4 Å². The maximum absolute atomic E-state index is 12.4. The van der Waals surface area contributed by atoms with Crippen LogP contribution in [0, 0.1) is 12.8 Å². The van der Waals surface area contributed by atoms with Gasteiger partial charge in [-0.3, -0.25) is 4.79 Å². The Balaban J connectivity index is 1.49. The Bertz CT molecular complexity index is 1260. The molecule has 0 saturated heterocycles. The van der Waals surface area contributed by atoms with Crippen LogP contribution in [0.2, 0.25) is 0 Å². The van der Waals surface area contributed by atoms with Gasteiger partial charge in [-0.05, 0) is 94.3 Å². The van der Waals surface area contributed by atoms with Crippen molar-refractivity contribution in [1.82, 2.24) is 10.3 Å². The molecule has 7 nitrogen and oxygen atoms in total. The van der Waals surface area contributed by atoms with Gasteiger partial charge in [0, 0.05) is 30.4 Å². The van der Waals surface area contributed by atoms with Gasteiger partial charge in [0.05, 0.1) is 22.7 Å².